The average molecular weight is 367 g/mol. The second kappa shape index (κ2) is 6.39. The van der Waals surface area contributed by atoms with Gasteiger partial charge in [0.25, 0.3) is 5.91 Å². The summed E-state index contributed by atoms with van der Waals surface area (Å²) in [6.45, 7) is 9.33. The van der Waals surface area contributed by atoms with Crippen molar-refractivity contribution in [3.63, 3.8) is 0 Å². The molecule has 2 saturated heterocycles. The van der Waals surface area contributed by atoms with E-state index < -0.39 is 0 Å². The molecule has 2 aromatic rings. The molecular formula is C22H29N3O2. The molecule has 0 unspecified atom stereocenters. The predicted molar refractivity (Wildman–Crippen MR) is 107 cm³/mol. The summed E-state index contributed by atoms with van der Waals surface area (Å²) in [4.78, 5) is 33.4. The Bertz CT molecular complexity index is 846. The van der Waals surface area contributed by atoms with Crippen LogP contribution in [0.2, 0.25) is 0 Å². The number of amides is 2. The van der Waals surface area contributed by atoms with Gasteiger partial charge >= 0.3 is 0 Å². The van der Waals surface area contributed by atoms with Gasteiger partial charge in [0.1, 0.15) is 5.69 Å². The predicted octanol–water partition coefficient (Wildman–Crippen LogP) is 3.67. The lowest BCUT2D eigenvalue weighted by Crippen LogP contribution is -2.52. The summed E-state index contributed by atoms with van der Waals surface area (Å²) < 4.78 is 0. The van der Waals surface area contributed by atoms with Gasteiger partial charge in [-0.25, -0.2) is 0 Å². The summed E-state index contributed by atoms with van der Waals surface area (Å²) in [6, 6.07) is 9.83. The third kappa shape index (κ3) is 3.35. The molecule has 0 saturated carbocycles. The molecule has 1 aromatic heterocycles. The first kappa shape index (κ1) is 18.1. The van der Waals surface area contributed by atoms with Gasteiger partial charge < -0.3 is 14.8 Å². The molecule has 3 heterocycles. The van der Waals surface area contributed by atoms with Gasteiger partial charge in [-0.15, -0.1) is 0 Å². The third-order valence-corrected chi connectivity index (χ3v) is 5.89. The largest absolute Gasteiger partial charge is 0.351 e. The first-order chi connectivity index (χ1) is 12.8. The average Bonchev–Trinajstić information content (AvgIpc) is 3.22. The molecule has 0 aliphatic carbocycles. The number of hydrogen-bond donors (Lipinski definition) is 1. The highest BCUT2D eigenvalue weighted by atomic mass is 16.2. The Kier molecular flexibility index (Phi) is 4.28. The molecule has 1 spiro atoms. The number of aromatic nitrogens is 1. The van der Waals surface area contributed by atoms with Gasteiger partial charge in [-0.3, -0.25) is 9.59 Å². The van der Waals surface area contributed by atoms with Crippen LogP contribution in [0.4, 0.5) is 0 Å². The number of piperidine rings is 1. The van der Waals surface area contributed by atoms with Crippen molar-refractivity contribution >= 4 is 22.7 Å². The standard InChI is InChI=1S/C22H29N3O2/c1-21(2,3)14-25-11-6-9-22(20(25)27)10-12-24(15-22)19(26)18-13-16-7-4-5-8-17(16)23-18/h4-5,7-8,13,23H,6,9-12,14-15H2,1-3H3/t22-/m1/s1. The van der Waals surface area contributed by atoms with Crippen LogP contribution in [0.25, 0.3) is 10.9 Å². The number of H-pyrrole nitrogens is 1. The Morgan fingerprint density at radius 1 is 1.19 bits per heavy atom. The normalized spacial score (nSPS) is 23.6. The zero-order valence-corrected chi connectivity index (χ0v) is 16.5. The molecule has 2 aliphatic rings. The first-order valence-electron chi connectivity index (χ1n) is 9.94. The quantitative estimate of drug-likeness (QED) is 0.880. The van der Waals surface area contributed by atoms with Crippen molar-refractivity contribution < 1.29 is 9.59 Å². The zero-order chi connectivity index (χ0) is 19.2. The maximum atomic E-state index is 13.3. The number of likely N-dealkylation sites (tertiary alicyclic amines) is 2. The monoisotopic (exact) mass is 367 g/mol. The summed E-state index contributed by atoms with van der Waals surface area (Å²) in [5.41, 5.74) is 1.29. The number of carbonyl (C=O) groups excluding carboxylic acids is 2. The highest BCUT2D eigenvalue weighted by molar-refractivity contribution is 5.98. The van der Waals surface area contributed by atoms with E-state index in [4.69, 9.17) is 0 Å². The Hall–Kier alpha value is -2.30. The summed E-state index contributed by atoms with van der Waals surface area (Å²) in [7, 11) is 0. The van der Waals surface area contributed by atoms with Gasteiger partial charge in [-0.1, -0.05) is 39.0 Å². The maximum absolute atomic E-state index is 13.3. The van der Waals surface area contributed by atoms with Crippen LogP contribution in [-0.2, 0) is 4.79 Å². The molecule has 1 atom stereocenters. The van der Waals surface area contributed by atoms with Crippen LogP contribution in [0.15, 0.2) is 30.3 Å². The Morgan fingerprint density at radius 2 is 1.96 bits per heavy atom. The van der Waals surface area contributed by atoms with Crippen molar-refractivity contribution in [1.29, 1.82) is 0 Å². The molecule has 0 radical (unpaired) electrons. The van der Waals surface area contributed by atoms with E-state index in [1.807, 2.05) is 40.1 Å². The zero-order valence-electron chi connectivity index (χ0n) is 16.5. The van der Waals surface area contributed by atoms with Crippen molar-refractivity contribution in [3.05, 3.63) is 36.0 Å². The van der Waals surface area contributed by atoms with Gasteiger partial charge in [0.15, 0.2) is 0 Å². The number of para-hydroxylation sites is 1. The molecule has 1 aromatic carbocycles. The molecular weight excluding hydrogens is 338 g/mol. The van der Waals surface area contributed by atoms with Crippen LogP contribution in [-0.4, -0.2) is 52.8 Å². The van der Waals surface area contributed by atoms with Gasteiger partial charge in [0.2, 0.25) is 5.91 Å². The lowest BCUT2D eigenvalue weighted by atomic mass is 9.77. The highest BCUT2D eigenvalue weighted by Gasteiger charge is 2.49. The fourth-order valence-electron chi connectivity index (χ4n) is 4.66. The van der Waals surface area contributed by atoms with Gasteiger partial charge in [-0.05, 0) is 36.8 Å². The minimum Gasteiger partial charge on any atom is -0.351 e. The molecule has 4 rings (SSSR count). The first-order valence-corrected chi connectivity index (χ1v) is 9.94. The van der Waals surface area contributed by atoms with Crippen molar-refractivity contribution in [3.8, 4) is 0 Å². The number of carbonyl (C=O) groups is 2. The van der Waals surface area contributed by atoms with Crippen LogP contribution in [0.1, 0.15) is 50.5 Å². The molecule has 2 aliphatic heterocycles. The van der Waals surface area contributed by atoms with Crippen molar-refractivity contribution in [2.24, 2.45) is 10.8 Å². The molecule has 0 bridgehead atoms. The summed E-state index contributed by atoms with van der Waals surface area (Å²) >= 11 is 0. The lowest BCUT2D eigenvalue weighted by Gasteiger charge is -2.41. The SMILES string of the molecule is CC(C)(C)CN1CCC[C@]2(CCN(C(=O)c3cc4ccccc4[nH]3)C2)C1=O. The van der Waals surface area contributed by atoms with Crippen LogP contribution in [0.3, 0.4) is 0 Å². The molecule has 5 heteroatoms. The third-order valence-electron chi connectivity index (χ3n) is 5.89. The van der Waals surface area contributed by atoms with E-state index in [2.05, 4.69) is 25.8 Å². The van der Waals surface area contributed by atoms with Gasteiger partial charge in [0, 0.05) is 37.1 Å². The summed E-state index contributed by atoms with van der Waals surface area (Å²) in [5.74, 6) is 0.249. The number of rotatable bonds is 2. The number of nitrogens with one attached hydrogen (secondary N) is 1. The Balaban J connectivity index is 1.51. The van der Waals surface area contributed by atoms with Crippen LogP contribution >= 0.6 is 0 Å². The topological polar surface area (TPSA) is 56.4 Å². The lowest BCUT2D eigenvalue weighted by molar-refractivity contribution is -0.147. The summed E-state index contributed by atoms with van der Waals surface area (Å²) in [5, 5.41) is 1.04. The van der Waals surface area contributed by atoms with E-state index in [0.717, 1.165) is 43.3 Å². The number of hydrogen-bond acceptors (Lipinski definition) is 2. The second-order valence-electron chi connectivity index (χ2n) is 9.42. The van der Waals surface area contributed by atoms with Crippen molar-refractivity contribution in [1.82, 2.24) is 14.8 Å². The summed E-state index contributed by atoms with van der Waals surface area (Å²) in [6.07, 6.45) is 2.69. The number of aromatic amines is 1. The van der Waals surface area contributed by atoms with E-state index in [1.165, 1.54) is 0 Å². The molecule has 144 valence electrons. The van der Waals surface area contributed by atoms with E-state index in [9.17, 15) is 9.59 Å². The van der Waals surface area contributed by atoms with Crippen molar-refractivity contribution in [2.45, 2.75) is 40.0 Å². The fourth-order valence-corrected chi connectivity index (χ4v) is 4.66. The van der Waals surface area contributed by atoms with Crippen molar-refractivity contribution in [2.75, 3.05) is 26.2 Å². The molecule has 2 fully saturated rings. The molecule has 27 heavy (non-hydrogen) atoms. The van der Waals surface area contributed by atoms with E-state index in [-0.39, 0.29) is 22.6 Å². The smallest absolute Gasteiger partial charge is 0.270 e. The van der Waals surface area contributed by atoms with Crippen LogP contribution < -0.4 is 0 Å². The van der Waals surface area contributed by atoms with E-state index in [0.29, 0.717) is 18.8 Å². The number of nitrogens with zero attached hydrogens (tertiary/aromatic N) is 2. The number of fused-ring (bicyclic) bond motifs is 1. The molecule has 2 amide bonds. The highest BCUT2D eigenvalue weighted by Crippen LogP contribution is 2.41. The number of benzene rings is 1. The Labute approximate surface area is 160 Å². The van der Waals surface area contributed by atoms with E-state index >= 15 is 0 Å². The van der Waals surface area contributed by atoms with Crippen LogP contribution in [0.5, 0.6) is 0 Å². The molecule has 1 N–H and O–H groups in total. The van der Waals surface area contributed by atoms with E-state index in [1.54, 1.807) is 0 Å². The fraction of sp³-hybridized carbons (Fsp3) is 0.545. The minimum absolute atomic E-state index is 0.00354. The van der Waals surface area contributed by atoms with Crippen LogP contribution in [0, 0.1) is 10.8 Å². The molecule has 5 nitrogen and oxygen atoms in total. The van der Waals surface area contributed by atoms with Gasteiger partial charge in [0.05, 0.1) is 5.41 Å². The second-order valence-corrected chi connectivity index (χ2v) is 9.42. The van der Waals surface area contributed by atoms with Gasteiger partial charge in [-0.2, -0.15) is 0 Å². The maximum Gasteiger partial charge on any atom is 0.270 e. The Morgan fingerprint density at radius 3 is 2.70 bits per heavy atom. The minimum atomic E-state index is -0.384.